The van der Waals surface area contributed by atoms with E-state index in [-0.39, 0.29) is 17.0 Å². The van der Waals surface area contributed by atoms with Gasteiger partial charge in [0.05, 0.1) is 12.3 Å². The molecule has 2 aliphatic rings. The second-order valence-corrected chi connectivity index (χ2v) is 6.45. The number of benzene rings is 1. The fraction of sp³-hybridized carbons (Fsp3) is 0.444. The second kappa shape index (κ2) is 6.85. The zero-order chi connectivity index (χ0) is 17.3. The summed E-state index contributed by atoms with van der Waals surface area (Å²) in [5, 5.41) is 0.0163. The molecule has 3 rings (SSSR count). The molecule has 128 valence electrons. The van der Waals surface area contributed by atoms with Gasteiger partial charge in [-0.25, -0.2) is 4.90 Å². The number of nitrogens with zero attached hydrogens (tertiary/aromatic N) is 2. The van der Waals surface area contributed by atoms with E-state index in [1.165, 1.54) is 0 Å². The predicted molar refractivity (Wildman–Crippen MR) is 93.0 cm³/mol. The average molecular weight is 349 g/mol. The van der Waals surface area contributed by atoms with Crippen molar-refractivity contribution in [3.63, 3.8) is 0 Å². The summed E-state index contributed by atoms with van der Waals surface area (Å²) in [5.74, 6) is -0.106. The van der Waals surface area contributed by atoms with Crippen molar-refractivity contribution in [1.29, 1.82) is 0 Å². The zero-order valence-electron chi connectivity index (χ0n) is 13.9. The molecule has 0 aromatic heterocycles. The van der Waals surface area contributed by atoms with Gasteiger partial charge in [0, 0.05) is 12.6 Å². The number of anilines is 1. The molecule has 0 bridgehead atoms. The molecule has 1 unspecified atom stereocenters. The minimum atomic E-state index is -0.460. The average Bonchev–Trinajstić information content (AvgIpc) is 2.79. The molecule has 0 saturated carbocycles. The van der Waals surface area contributed by atoms with Crippen LogP contribution in [0.5, 0.6) is 5.75 Å². The Morgan fingerprint density at radius 1 is 1.17 bits per heavy atom. The van der Waals surface area contributed by atoms with Crippen LogP contribution < -0.4 is 9.64 Å². The van der Waals surface area contributed by atoms with E-state index >= 15 is 0 Å². The highest BCUT2D eigenvalue weighted by molar-refractivity contribution is 6.52. The standard InChI is InChI=1S/C18H21ClN2O3/c1-3-24-14-9-7-13(8-10-14)21-17(22)15(19)16(18(21)23)20-11-5-4-6-12(20)2/h7-10,12H,3-6,11H2,1-2H3. The molecule has 0 aliphatic carbocycles. The lowest BCUT2D eigenvalue weighted by atomic mass is 10.0. The molecule has 24 heavy (non-hydrogen) atoms. The Bertz CT molecular complexity index is 684. The Labute approximate surface area is 146 Å². The summed E-state index contributed by atoms with van der Waals surface area (Å²) >= 11 is 6.25. The predicted octanol–water partition coefficient (Wildman–Crippen LogP) is 3.28. The molecule has 2 aliphatic heterocycles. The molecule has 5 nitrogen and oxygen atoms in total. The lowest BCUT2D eigenvalue weighted by molar-refractivity contribution is -0.121. The number of amides is 2. The maximum Gasteiger partial charge on any atom is 0.283 e. The Morgan fingerprint density at radius 2 is 1.88 bits per heavy atom. The number of carbonyl (C=O) groups is 2. The molecular weight excluding hydrogens is 328 g/mol. The van der Waals surface area contributed by atoms with E-state index < -0.39 is 5.91 Å². The second-order valence-electron chi connectivity index (χ2n) is 6.07. The summed E-state index contributed by atoms with van der Waals surface area (Å²) < 4.78 is 5.40. The van der Waals surface area contributed by atoms with Crippen LogP contribution in [-0.2, 0) is 9.59 Å². The van der Waals surface area contributed by atoms with Crippen LogP contribution in [0.3, 0.4) is 0 Å². The molecule has 2 amide bonds. The van der Waals surface area contributed by atoms with E-state index in [1.807, 2.05) is 11.8 Å². The summed E-state index contributed by atoms with van der Waals surface area (Å²) in [5.41, 5.74) is 0.842. The largest absolute Gasteiger partial charge is 0.494 e. The van der Waals surface area contributed by atoms with Crippen LogP contribution in [0.25, 0.3) is 0 Å². The van der Waals surface area contributed by atoms with Crippen LogP contribution >= 0.6 is 11.6 Å². The smallest absolute Gasteiger partial charge is 0.283 e. The van der Waals surface area contributed by atoms with Gasteiger partial charge < -0.3 is 9.64 Å². The van der Waals surface area contributed by atoms with Crippen LogP contribution in [0.4, 0.5) is 5.69 Å². The Kier molecular flexibility index (Phi) is 4.81. The van der Waals surface area contributed by atoms with E-state index in [0.717, 1.165) is 30.7 Å². The number of imide groups is 1. The Morgan fingerprint density at radius 3 is 2.50 bits per heavy atom. The molecule has 6 heteroatoms. The first-order valence-electron chi connectivity index (χ1n) is 8.32. The fourth-order valence-corrected chi connectivity index (χ4v) is 3.54. The van der Waals surface area contributed by atoms with Crippen molar-refractivity contribution >= 4 is 29.1 Å². The van der Waals surface area contributed by atoms with Gasteiger partial charge in [-0.05, 0) is 57.4 Å². The third-order valence-corrected chi connectivity index (χ3v) is 4.84. The van der Waals surface area contributed by atoms with Gasteiger partial charge in [0.1, 0.15) is 16.5 Å². The normalized spacial score (nSPS) is 21.7. The summed E-state index contributed by atoms with van der Waals surface area (Å²) in [6.07, 6.45) is 3.13. The van der Waals surface area contributed by atoms with E-state index in [1.54, 1.807) is 24.3 Å². The Hall–Kier alpha value is -2.01. The van der Waals surface area contributed by atoms with Gasteiger partial charge in [0.2, 0.25) is 0 Å². The molecule has 1 atom stereocenters. The maximum atomic E-state index is 12.9. The monoisotopic (exact) mass is 348 g/mol. The van der Waals surface area contributed by atoms with Crippen molar-refractivity contribution in [2.24, 2.45) is 0 Å². The van der Waals surface area contributed by atoms with Crippen LogP contribution in [-0.4, -0.2) is 35.9 Å². The SMILES string of the molecule is CCOc1ccc(N2C(=O)C(Cl)=C(N3CCCCC3C)C2=O)cc1. The molecule has 0 N–H and O–H groups in total. The number of halogens is 1. The molecule has 0 radical (unpaired) electrons. The van der Waals surface area contributed by atoms with Crippen LogP contribution in [0, 0.1) is 0 Å². The van der Waals surface area contributed by atoms with Crippen molar-refractivity contribution in [1.82, 2.24) is 4.90 Å². The number of ether oxygens (including phenoxy) is 1. The van der Waals surface area contributed by atoms with Crippen molar-refractivity contribution in [3.8, 4) is 5.75 Å². The van der Waals surface area contributed by atoms with E-state index in [2.05, 4.69) is 6.92 Å². The third kappa shape index (κ3) is 2.88. The number of rotatable bonds is 4. The summed E-state index contributed by atoms with van der Waals surface area (Å²) in [6, 6.07) is 7.10. The number of piperidine rings is 1. The maximum absolute atomic E-state index is 12.9. The topological polar surface area (TPSA) is 49.9 Å². The molecule has 1 saturated heterocycles. The Balaban J connectivity index is 1.87. The molecule has 1 aromatic rings. The van der Waals surface area contributed by atoms with Crippen LogP contribution in [0.1, 0.15) is 33.1 Å². The minimum Gasteiger partial charge on any atom is -0.494 e. The number of hydrogen-bond acceptors (Lipinski definition) is 4. The van der Waals surface area contributed by atoms with Crippen LogP contribution in [0.15, 0.2) is 35.0 Å². The van der Waals surface area contributed by atoms with Gasteiger partial charge in [0.25, 0.3) is 11.8 Å². The van der Waals surface area contributed by atoms with Crippen molar-refractivity contribution < 1.29 is 14.3 Å². The lowest BCUT2D eigenvalue weighted by Gasteiger charge is -2.35. The van der Waals surface area contributed by atoms with Gasteiger partial charge >= 0.3 is 0 Å². The van der Waals surface area contributed by atoms with Gasteiger partial charge in [-0.2, -0.15) is 0 Å². The summed E-state index contributed by atoms with van der Waals surface area (Å²) in [6.45, 7) is 5.28. The molecule has 1 aromatic carbocycles. The third-order valence-electron chi connectivity index (χ3n) is 4.50. The van der Waals surface area contributed by atoms with E-state index in [9.17, 15) is 9.59 Å². The summed E-state index contributed by atoms with van der Waals surface area (Å²) in [4.78, 5) is 28.5. The van der Waals surface area contributed by atoms with E-state index in [0.29, 0.717) is 23.7 Å². The van der Waals surface area contributed by atoms with Crippen molar-refractivity contribution in [3.05, 3.63) is 35.0 Å². The number of hydrogen-bond donors (Lipinski definition) is 0. The van der Waals surface area contributed by atoms with Gasteiger partial charge in [0.15, 0.2) is 0 Å². The first kappa shape index (κ1) is 16.8. The van der Waals surface area contributed by atoms with Gasteiger partial charge in [-0.15, -0.1) is 0 Å². The highest BCUT2D eigenvalue weighted by Crippen LogP contribution is 2.34. The quantitative estimate of drug-likeness (QED) is 0.783. The number of carbonyl (C=O) groups excluding carboxylic acids is 2. The lowest BCUT2D eigenvalue weighted by Crippen LogP contribution is -2.41. The first-order chi connectivity index (χ1) is 11.5. The zero-order valence-corrected chi connectivity index (χ0v) is 14.7. The molecular formula is C18H21ClN2O3. The first-order valence-corrected chi connectivity index (χ1v) is 8.70. The van der Waals surface area contributed by atoms with E-state index in [4.69, 9.17) is 16.3 Å². The highest BCUT2D eigenvalue weighted by Gasteiger charge is 2.42. The fourth-order valence-electron chi connectivity index (χ4n) is 3.26. The molecule has 0 spiro atoms. The molecule has 2 heterocycles. The number of likely N-dealkylation sites (tertiary alicyclic amines) is 1. The minimum absolute atomic E-state index is 0.0163. The van der Waals surface area contributed by atoms with Crippen LogP contribution in [0.2, 0.25) is 0 Å². The van der Waals surface area contributed by atoms with Crippen molar-refractivity contribution in [2.75, 3.05) is 18.1 Å². The van der Waals surface area contributed by atoms with Gasteiger partial charge in [-0.1, -0.05) is 11.6 Å². The van der Waals surface area contributed by atoms with Crippen molar-refractivity contribution in [2.45, 2.75) is 39.2 Å². The summed E-state index contributed by atoms with van der Waals surface area (Å²) in [7, 11) is 0. The van der Waals surface area contributed by atoms with Gasteiger partial charge in [-0.3, -0.25) is 9.59 Å². The highest BCUT2D eigenvalue weighted by atomic mass is 35.5. The molecule has 1 fully saturated rings.